The quantitative estimate of drug-likeness (QED) is 0.778. The Morgan fingerprint density at radius 3 is 2.05 bits per heavy atom. The minimum Gasteiger partial charge on any atom is -0.444 e. The Morgan fingerprint density at radius 2 is 1.67 bits per heavy atom. The summed E-state index contributed by atoms with van der Waals surface area (Å²) in [5.74, 6) is 0. The zero-order valence-electron chi connectivity index (χ0n) is 14.0. The van der Waals surface area contributed by atoms with Crippen LogP contribution in [0.4, 0.5) is 4.79 Å². The summed E-state index contributed by atoms with van der Waals surface area (Å²) >= 11 is 0. The van der Waals surface area contributed by atoms with Gasteiger partial charge in [0.25, 0.3) is 0 Å². The Labute approximate surface area is 127 Å². The summed E-state index contributed by atoms with van der Waals surface area (Å²) in [4.78, 5) is 13.7. The molecule has 2 fully saturated rings. The molecule has 0 unspecified atom stereocenters. The Morgan fingerprint density at radius 1 is 1.19 bits per heavy atom. The fourth-order valence-electron chi connectivity index (χ4n) is 3.87. The van der Waals surface area contributed by atoms with Crippen molar-refractivity contribution < 1.29 is 14.6 Å². The highest BCUT2D eigenvalue weighted by atomic mass is 16.6. The van der Waals surface area contributed by atoms with Crippen LogP contribution in [0.15, 0.2) is 0 Å². The molecule has 1 aliphatic carbocycles. The van der Waals surface area contributed by atoms with Gasteiger partial charge in [-0.1, -0.05) is 13.8 Å². The topological polar surface area (TPSA) is 75.8 Å². The molecule has 0 bridgehead atoms. The Kier molecular flexibility index (Phi) is 3.82. The van der Waals surface area contributed by atoms with Gasteiger partial charge in [0, 0.05) is 18.6 Å². The number of carbonyl (C=O) groups is 1. The second kappa shape index (κ2) is 4.85. The van der Waals surface area contributed by atoms with E-state index in [9.17, 15) is 9.90 Å². The largest absolute Gasteiger partial charge is 0.444 e. The first-order valence-electron chi connectivity index (χ1n) is 7.85. The van der Waals surface area contributed by atoms with Crippen LogP contribution in [0.1, 0.15) is 60.3 Å². The number of likely N-dealkylation sites (tertiary alicyclic amines) is 1. The van der Waals surface area contributed by atoms with Crippen molar-refractivity contribution in [2.75, 3.05) is 13.1 Å². The summed E-state index contributed by atoms with van der Waals surface area (Å²) in [6, 6.07) is 0. The molecule has 1 aliphatic heterocycles. The molecule has 5 heteroatoms. The van der Waals surface area contributed by atoms with Gasteiger partial charge in [-0.05, 0) is 51.9 Å². The Bertz CT molecular complexity index is 410. The summed E-state index contributed by atoms with van der Waals surface area (Å²) in [6.45, 7) is 10.9. The summed E-state index contributed by atoms with van der Waals surface area (Å²) < 4.78 is 5.38. The van der Waals surface area contributed by atoms with Crippen LogP contribution >= 0.6 is 0 Å². The Hall–Kier alpha value is -0.810. The van der Waals surface area contributed by atoms with E-state index in [0.29, 0.717) is 25.9 Å². The molecular weight excluding hydrogens is 268 g/mol. The lowest BCUT2D eigenvalue weighted by Gasteiger charge is -2.60. The average Bonchev–Trinajstić information content (AvgIpc) is 2.24. The maximum atomic E-state index is 12.1. The molecule has 1 saturated carbocycles. The molecule has 3 N–H and O–H groups in total. The Balaban J connectivity index is 1.93. The zero-order valence-corrected chi connectivity index (χ0v) is 14.0. The van der Waals surface area contributed by atoms with Crippen LogP contribution in [-0.2, 0) is 4.74 Å². The molecule has 0 aromatic carbocycles. The van der Waals surface area contributed by atoms with Crippen LogP contribution in [0.3, 0.4) is 0 Å². The molecule has 1 heterocycles. The summed E-state index contributed by atoms with van der Waals surface area (Å²) in [5, 5.41) is 10.9. The zero-order chi connectivity index (χ0) is 16.1. The highest BCUT2D eigenvalue weighted by molar-refractivity contribution is 5.68. The van der Waals surface area contributed by atoms with Crippen molar-refractivity contribution in [1.29, 1.82) is 0 Å². The van der Waals surface area contributed by atoms with Gasteiger partial charge >= 0.3 is 6.09 Å². The first-order chi connectivity index (χ1) is 9.36. The van der Waals surface area contributed by atoms with E-state index in [1.165, 1.54) is 0 Å². The normalized spacial score (nSPS) is 26.9. The van der Waals surface area contributed by atoms with Crippen LogP contribution in [0, 0.1) is 5.41 Å². The minimum atomic E-state index is -0.860. The standard InChI is InChI=1S/C16H30N2O3/c1-13(2,3)21-12(19)18-8-6-16(20,7-9-18)15(17)10-14(4,5)11-15/h20H,6-11,17H2,1-5H3. The molecule has 5 nitrogen and oxygen atoms in total. The molecule has 0 spiro atoms. The monoisotopic (exact) mass is 298 g/mol. The third-order valence-corrected chi connectivity index (χ3v) is 4.76. The number of rotatable bonds is 1. The molecule has 1 saturated heterocycles. The van der Waals surface area contributed by atoms with Crippen LogP contribution in [0.5, 0.6) is 0 Å². The summed E-state index contributed by atoms with van der Waals surface area (Å²) in [5.41, 5.74) is 4.79. The minimum absolute atomic E-state index is 0.215. The van der Waals surface area contributed by atoms with Gasteiger partial charge in [0.2, 0.25) is 0 Å². The molecule has 21 heavy (non-hydrogen) atoms. The van der Waals surface area contributed by atoms with Crippen molar-refractivity contribution in [1.82, 2.24) is 4.90 Å². The van der Waals surface area contributed by atoms with Crippen molar-refractivity contribution in [2.45, 2.75) is 77.0 Å². The molecule has 0 radical (unpaired) electrons. The lowest BCUT2D eigenvalue weighted by Crippen LogP contribution is -2.72. The number of amides is 1. The van der Waals surface area contributed by atoms with Crippen molar-refractivity contribution in [2.24, 2.45) is 11.1 Å². The highest BCUT2D eigenvalue weighted by Gasteiger charge is 2.59. The number of aliphatic hydroxyl groups is 1. The van der Waals surface area contributed by atoms with Crippen LogP contribution in [0.2, 0.25) is 0 Å². The van der Waals surface area contributed by atoms with Crippen LogP contribution < -0.4 is 5.73 Å². The number of piperidine rings is 1. The molecule has 0 aromatic heterocycles. The summed E-state index contributed by atoms with van der Waals surface area (Å²) in [6.07, 6.45) is 2.42. The van der Waals surface area contributed by atoms with E-state index in [0.717, 1.165) is 12.8 Å². The van der Waals surface area contributed by atoms with Gasteiger partial charge in [-0.15, -0.1) is 0 Å². The van der Waals surface area contributed by atoms with Crippen molar-refractivity contribution in [3.63, 3.8) is 0 Å². The smallest absolute Gasteiger partial charge is 0.410 e. The number of hydrogen-bond donors (Lipinski definition) is 2. The maximum Gasteiger partial charge on any atom is 0.410 e. The number of ether oxygens (including phenoxy) is 1. The fraction of sp³-hybridized carbons (Fsp3) is 0.938. The van der Waals surface area contributed by atoms with Gasteiger partial charge in [0.05, 0.1) is 5.60 Å². The van der Waals surface area contributed by atoms with E-state index in [1.54, 1.807) is 4.90 Å². The molecule has 2 aliphatic rings. The third-order valence-electron chi connectivity index (χ3n) is 4.76. The maximum absolute atomic E-state index is 12.1. The van der Waals surface area contributed by atoms with Gasteiger partial charge in [0.15, 0.2) is 0 Å². The van der Waals surface area contributed by atoms with E-state index in [1.807, 2.05) is 20.8 Å². The SMILES string of the molecule is CC1(C)CC(N)(C2(O)CCN(C(=O)OC(C)(C)C)CC2)C1. The van der Waals surface area contributed by atoms with Gasteiger partial charge in [-0.25, -0.2) is 4.79 Å². The number of hydrogen-bond acceptors (Lipinski definition) is 4. The molecule has 0 aromatic rings. The molecule has 122 valence electrons. The second-order valence-corrected chi connectivity index (χ2v) is 8.67. The molecule has 0 atom stereocenters. The highest BCUT2D eigenvalue weighted by Crippen LogP contribution is 2.53. The predicted octanol–water partition coefficient (Wildman–Crippen LogP) is 2.27. The van der Waals surface area contributed by atoms with E-state index >= 15 is 0 Å². The van der Waals surface area contributed by atoms with E-state index in [-0.39, 0.29) is 11.5 Å². The number of nitrogens with two attached hydrogens (primary N) is 1. The van der Waals surface area contributed by atoms with Gasteiger partial charge < -0.3 is 20.5 Å². The summed E-state index contributed by atoms with van der Waals surface area (Å²) in [7, 11) is 0. The molecular formula is C16H30N2O3. The predicted molar refractivity (Wildman–Crippen MR) is 81.9 cm³/mol. The van der Waals surface area contributed by atoms with E-state index in [2.05, 4.69) is 13.8 Å². The molecule has 1 amide bonds. The van der Waals surface area contributed by atoms with Crippen LogP contribution in [-0.4, -0.2) is 45.9 Å². The number of carbonyl (C=O) groups excluding carboxylic acids is 1. The van der Waals surface area contributed by atoms with E-state index in [4.69, 9.17) is 10.5 Å². The van der Waals surface area contributed by atoms with Crippen molar-refractivity contribution >= 4 is 6.09 Å². The van der Waals surface area contributed by atoms with E-state index < -0.39 is 16.7 Å². The average molecular weight is 298 g/mol. The second-order valence-electron chi connectivity index (χ2n) is 8.67. The third kappa shape index (κ3) is 3.34. The lowest BCUT2D eigenvalue weighted by molar-refractivity contribution is -0.141. The van der Waals surface area contributed by atoms with Crippen molar-refractivity contribution in [3.8, 4) is 0 Å². The van der Waals surface area contributed by atoms with Crippen LogP contribution in [0.25, 0.3) is 0 Å². The lowest BCUT2D eigenvalue weighted by atomic mass is 9.52. The van der Waals surface area contributed by atoms with Gasteiger partial charge in [0.1, 0.15) is 5.60 Å². The molecule has 2 rings (SSSR count). The number of nitrogens with zero attached hydrogens (tertiary/aromatic N) is 1. The van der Waals surface area contributed by atoms with Gasteiger partial charge in [-0.2, -0.15) is 0 Å². The first kappa shape index (κ1) is 16.6. The van der Waals surface area contributed by atoms with Crippen molar-refractivity contribution in [3.05, 3.63) is 0 Å². The van der Waals surface area contributed by atoms with Gasteiger partial charge in [-0.3, -0.25) is 0 Å². The fourth-order valence-corrected chi connectivity index (χ4v) is 3.87. The first-order valence-corrected chi connectivity index (χ1v) is 7.85.